The highest BCUT2D eigenvalue weighted by Crippen LogP contribution is 2.38. The summed E-state index contributed by atoms with van der Waals surface area (Å²) >= 11 is 0. The number of fused-ring (bicyclic) bond motifs is 7. The lowest BCUT2D eigenvalue weighted by atomic mass is 9.91. The van der Waals surface area contributed by atoms with Gasteiger partial charge in [0.25, 0.3) is 5.69 Å². The van der Waals surface area contributed by atoms with Crippen LogP contribution in [0, 0.1) is 13.8 Å². The first-order valence-corrected chi connectivity index (χ1v) is 17.9. The van der Waals surface area contributed by atoms with E-state index >= 15 is 0 Å². The summed E-state index contributed by atoms with van der Waals surface area (Å²) in [5.74, 6) is -0.351. The Labute approximate surface area is 299 Å². The van der Waals surface area contributed by atoms with Gasteiger partial charge in [-0.25, -0.2) is 9.36 Å². The SMILES string of the molecule is CCCc1cc(-c2cccc[n+]2C)c2c(c1)-c1c3ccccc3cc[n+]1CCOC(=O)c1cc(-c3ccc(C)cc3)cc(-c3ccccc3C)[n+]1-2. The molecule has 0 bridgehead atoms. The number of carbonyl (C=O) groups is 1. The highest BCUT2D eigenvalue weighted by molar-refractivity contribution is 5.97. The number of benzene rings is 4. The molecule has 1 aliphatic rings. The molecule has 5 nitrogen and oxygen atoms in total. The molecule has 4 aromatic carbocycles. The van der Waals surface area contributed by atoms with Crippen LogP contribution in [0.3, 0.4) is 0 Å². The molecule has 250 valence electrons. The van der Waals surface area contributed by atoms with Crippen molar-refractivity contribution in [2.24, 2.45) is 7.05 Å². The normalized spacial score (nSPS) is 12.5. The van der Waals surface area contributed by atoms with Crippen LogP contribution in [-0.2, 0) is 24.8 Å². The Kier molecular flexibility index (Phi) is 8.48. The minimum absolute atomic E-state index is 0.244. The number of hydrogen-bond acceptors (Lipinski definition) is 2. The monoisotopic (exact) mass is 668 g/mol. The van der Waals surface area contributed by atoms with Crippen molar-refractivity contribution in [2.45, 2.75) is 40.2 Å². The molecule has 0 saturated carbocycles. The maximum absolute atomic E-state index is 14.6. The molecule has 0 fully saturated rings. The van der Waals surface area contributed by atoms with E-state index in [-0.39, 0.29) is 12.6 Å². The number of aryl methyl sites for hydroxylation is 4. The van der Waals surface area contributed by atoms with E-state index in [1.54, 1.807) is 0 Å². The predicted molar refractivity (Wildman–Crippen MR) is 202 cm³/mol. The minimum Gasteiger partial charge on any atom is -0.451 e. The zero-order chi connectivity index (χ0) is 35.1. The van der Waals surface area contributed by atoms with Gasteiger partial charge < -0.3 is 4.74 Å². The fourth-order valence-electron chi connectivity index (χ4n) is 7.56. The van der Waals surface area contributed by atoms with Crippen LogP contribution in [0.5, 0.6) is 0 Å². The molecule has 7 aromatic rings. The summed E-state index contributed by atoms with van der Waals surface area (Å²) in [6.45, 7) is 7.24. The molecular formula is C46H42N3O2+3. The number of hydrogen-bond donors (Lipinski definition) is 0. The third-order valence-electron chi connectivity index (χ3n) is 10.1. The van der Waals surface area contributed by atoms with Crippen LogP contribution in [0.1, 0.15) is 40.5 Å². The molecule has 1 aliphatic heterocycles. The zero-order valence-corrected chi connectivity index (χ0v) is 29.7. The van der Waals surface area contributed by atoms with Gasteiger partial charge in [0.2, 0.25) is 22.8 Å². The van der Waals surface area contributed by atoms with Crippen LogP contribution in [0.4, 0.5) is 0 Å². The molecule has 3 aromatic heterocycles. The van der Waals surface area contributed by atoms with Crippen LogP contribution in [-0.4, -0.2) is 12.6 Å². The van der Waals surface area contributed by atoms with Crippen LogP contribution in [0.2, 0.25) is 0 Å². The Morgan fingerprint density at radius 1 is 0.686 bits per heavy atom. The van der Waals surface area contributed by atoms with Crippen LogP contribution in [0.25, 0.3) is 61.4 Å². The van der Waals surface area contributed by atoms with Crippen LogP contribution < -0.4 is 13.7 Å². The molecule has 0 radical (unpaired) electrons. The van der Waals surface area contributed by atoms with Crippen LogP contribution in [0.15, 0.2) is 134 Å². The van der Waals surface area contributed by atoms with E-state index in [0.29, 0.717) is 12.2 Å². The summed E-state index contributed by atoms with van der Waals surface area (Å²) in [6, 6.07) is 43.0. The number of rotatable bonds is 5. The zero-order valence-electron chi connectivity index (χ0n) is 29.7. The van der Waals surface area contributed by atoms with Crippen molar-refractivity contribution in [1.29, 1.82) is 0 Å². The standard InChI is InChI=1S/C46H42N3O2/c1-5-12-33-27-39(41-17-10-11-23-47(41)4)45-40(28-33)44-38-16-9-7-14-35(38)22-24-48(44)25-26-51-46(50)43-30-36(34-20-18-31(2)19-21-34)29-42(49(43)45)37-15-8-6-13-32(37)3/h6-11,13-24,27-30H,5,12,25-26H2,1-4H3/q+3. The van der Waals surface area contributed by atoms with E-state index in [1.165, 1.54) is 11.1 Å². The first kappa shape index (κ1) is 32.3. The third-order valence-corrected chi connectivity index (χ3v) is 10.1. The number of nitrogens with zero attached hydrogens (tertiary/aromatic N) is 3. The van der Waals surface area contributed by atoms with Gasteiger partial charge in [-0.2, -0.15) is 4.57 Å². The number of ether oxygens (including phenoxy) is 1. The molecule has 0 amide bonds. The van der Waals surface area contributed by atoms with Crippen molar-refractivity contribution in [2.75, 3.05) is 6.61 Å². The fourth-order valence-corrected chi connectivity index (χ4v) is 7.56. The average molecular weight is 669 g/mol. The van der Waals surface area contributed by atoms with E-state index in [2.05, 4.69) is 169 Å². The first-order chi connectivity index (χ1) is 24.9. The topological polar surface area (TPSA) is 37.9 Å². The molecule has 5 heteroatoms. The lowest BCUT2D eigenvalue weighted by Crippen LogP contribution is -2.46. The fraction of sp³-hybridized carbons (Fsp3) is 0.174. The molecule has 0 atom stereocenters. The molecule has 0 aliphatic carbocycles. The Balaban J connectivity index is 1.62. The summed E-state index contributed by atoms with van der Waals surface area (Å²) in [7, 11) is 2.09. The van der Waals surface area contributed by atoms with E-state index in [0.717, 1.165) is 79.8 Å². The molecule has 0 N–H and O–H groups in total. The van der Waals surface area contributed by atoms with Gasteiger partial charge in [0.1, 0.15) is 18.2 Å². The molecular weight excluding hydrogens is 627 g/mol. The average Bonchev–Trinajstić information content (AvgIpc) is 3.14. The second kappa shape index (κ2) is 13.4. The van der Waals surface area contributed by atoms with Gasteiger partial charge in [-0.3, -0.25) is 0 Å². The predicted octanol–water partition coefficient (Wildman–Crippen LogP) is 8.64. The lowest BCUT2D eigenvalue weighted by Gasteiger charge is -2.19. The maximum Gasteiger partial charge on any atom is 0.404 e. The summed E-state index contributed by atoms with van der Waals surface area (Å²) < 4.78 is 12.8. The second-order valence-corrected chi connectivity index (χ2v) is 13.6. The Morgan fingerprint density at radius 2 is 1.43 bits per heavy atom. The number of aromatic nitrogens is 3. The molecule has 4 heterocycles. The van der Waals surface area contributed by atoms with E-state index in [4.69, 9.17) is 4.74 Å². The van der Waals surface area contributed by atoms with Crippen LogP contribution >= 0.6 is 0 Å². The number of pyridine rings is 3. The summed E-state index contributed by atoms with van der Waals surface area (Å²) in [5, 5.41) is 2.32. The summed E-state index contributed by atoms with van der Waals surface area (Å²) in [4.78, 5) is 14.6. The first-order valence-electron chi connectivity index (χ1n) is 17.9. The molecule has 0 unspecified atom stereocenters. The van der Waals surface area contributed by atoms with Crippen molar-refractivity contribution in [3.05, 3.63) is 156 Å². The van der Waals surface area contributed by atoms with E-state index in [1.807, 2.05) is 6.07 Å². The quantitative estimate of drug-likeness (QED) is 0.136. The van der Waals surface area contributed by atoms with Crippen molar-refractivity contribution in [3.8, 4) is 50.6 Å². The second-order valence-electron chi connectivity index (χ2n) is 13.6. The third kappa shape index (κ3) is 5.89. The molecule has 8 rings (SSSR count). The Bertz CT molecular complexity index is 2460. The smallest absolute Gasteiger partial charge is 0.404 e. The van der Waals surface area contributed by atoms with Crippen molar-refractivity contribution in [1.82, 2.24) is 0 Å². The number of cyclic esters (lactones) is 1. The number of esters is 1. The lowest BCUT2D eigenvalue weighted by molar-refractivity contribution is -0.687. The van der Waals surface area contributed by atoms with Gasteiger partial charge in [-0.1, -0.05) is 79.6 Å². The summed E-state index contributed by atoms with van der Waals surface area (Å²) in [6.07, 6.45) is 6.17. The molecule has 0 saturated heterocycles. The maximum atomic E-state index is 14.6. The number of carbonyl (C=O) groups excluding carboxylic acids is 1. The van der Waals surface area contributed by atoms with Gasteiger partial charge in [-0.05, 0) is 78.2 Å². The Morgan fingerprint density at radius 3 is 2.24 bits per heavy atom. The minimum atomic E-state index is -0.351. The Hall–Kier alpha value is -5.94. The highest BCUT2D eigenvalue weighted by atomic mass is 16.5. The van der Waals surface area contributed by atoms with Gasteiger partial charge in [-0.15, -0.1) is 4.57 Å². The van der Waals surface area contributed by atoms with Gasteiger partial charge in [0, 0.05) is 35.9 Å². The van der Waals surface area contributed by atoms with Crippen molar-refractivity contribution >= 4 is 16.7 Å². The van der Waals surface area contributed by atoms with E-state index in [9.17, 15) is 4.79 Å². The molecule has 0 spiro atoms. The van der Waals surface area contributed by atoms with Gasteiger partial charge in [0.15, 0.2) is 25.5 Å². The van der Waals surface area contributed by atoms with Crippen molar-refractivity contribution in [3.63, 3.8) is 0 Å². The highest BCUT2D eigenvalue weighted by Gasteiger charge is 2.39. The largest absolute Gasteiger partial charge is 0.451 e. The van der Waals surface area contributed by atoms with Crippen molar-refractivity contribution < 1.29 is 23.2 Å². The van der Waals surface area contributed by atoms with E-state index < -0.39 is 0 Å². The molecule has 51 heavy (non-hydrogen) atoms. The van der Waals surface area contributed by atoms with Gasteiger partial charge in [0.05, 0.1) is 5.39 Å². The summed E-state index contributed by atoms with van der Waals surface area (Å²) in [5.41, 5.74) is 13.3. The van der Waals surface area contributed by atoms with Gasteiger partial charge >= 0.3 is 5.97 Å².